The maximum atomic E-state index is 13.8. The van der Waals surface area contributed by atoms with Crippen molar-refractivity contribution in [3.8, 4) is 17.2 Å². The second-order valence-corrected chi connectivity index (χ2v) is 9.56. The molecule has 0 radical (unpaired) electrons. The number of hydrogen-bond acceptors (Lipinski definition) is 7. The number of methoxy groups -OCH3 is 2. The van der Waals surface area contributed by atoms with Gasteiger partial charge in [0.2, 0.25) is 5.95 Å². The fourth-order valence-corrected chi connectivity index (χ4v) is 4.83. The zero-order valence-electron chi connectivity index (χ0n) is 21.4. The van der Waals surface area contributed by atoms with Crippen LogP contribution >= 0.6 is 23.2 Å². The maximum absolute atomic E-state index is 13.8. The van der Waals surface area contributed by atoms with Gasteiger partial charge in [-0.15, -0.1) is 0 Å². The monoisotopic (exact) mass is 565 g/mol. The lowest BCUT2D eigenvalue weighted by molar-refractivity contribution is -0.113. The van der Waals surface area contributed by atoms with Crippen molar-refractivity contribution in [2.75, 3.05) is 24.9 Å². The molecule has 200 valence electrons. The fraction of sp³-hybridized carbons (Fsp3) is 0.179. The van der Waals surface area contributed by atoms with E-state index in [1.165, 1.54) is 13.4 Å². The predicted octanol–water partition coefficient (Wildman–Crippen LogP) is 6.11. The van der Waals surface area contributed by atoms with E-state index >= 15 is 0 Å². The highest BCUT2D eigenvalue weighted by molar-refractivity contribution is 6.35. The molecule has 3 aromatic carbocycles. The van der Waals surface area contributed by atoms with Crippen LogP contribution in [-0.4, -0.2) is 34.9 Å². The van der Waals surface area contributed by atoms with Crippen LogP contribution in [0.15, 0.2) is 78.3 Å². The summed E-state index contributed by atoms with van der Waals surface area (Å²) in [6.07, 6.45) is 1.44. The zero-order chi connectivity index (χ0) is 27.5. The molecule has 1 amide bonds. The summed E-state index contributed by atoms with van der Waals surface area (Å²) >= 11 is 12.3. The molecule has 2 heterocycles. The summed E-state index contributed by atoms with van der Waals surface area (Å²) in [7, 11) is 3.10. The number of benzene rings is 3. The van der Waals surface area contributed by atoms with Crippen LogP contribution in [0.5, 0.6) is 17.2 Å². The van der Waals surface area contributed by atoms with Gasteiger partial charge in [0, 0.05) is 27.4 Å². The number of allylic oxidation sites excluding steroid dienone is 1. The number of nitrogens with one attached hydrogen (secondary N) is 2. The highest BCUT2D eigenvalue weighted by Crippen LogP contribution is 2.37. The van der Waals surface area contributed by atoms with Crippen LogP contribution in [0, 0.1) is 0 Å². The Morgan fingerprint density at radius 1 is 1.05 bits per heavy atom. The Morgan fingerprint density at radius 2 is 1.90 bits per heavy atom. The zero-order valence-corrected chi connectivity index (χ0v) is 22.9. The van der Waals surface area contributed by atoms with Gasteiger partial charge in [0.15, 0.2) is 0 Å². The number of carbonyl (C=O) groups excluding carboxylic acids is 1. The molecule has 0 fully saturated rings. The molecular formula is C28H25Cl2N5O4. The number of aromatic nitrogens is 3. The third-order valence-corrected chi connectivity index (χ3v) is 6.86. The van der Waals surface area contributed by atoms with Crippen LogP contribution in [-0.2, 0) is 11.4 Å². The molecule has 2 N–H and O–H groups in total. The first-order chi connectivity index (χ1) is 18.9. The minimum Gasteiger partial charge on any atom is -0.497 e. The van der Waals surface area contributed by atoms with Crippen LogP contribution in [0.2, 0.25) is 10.0 Å². The van der Waals surface area contributed by atoms with E-state index in [4.69, 9.17) is 37.4 Å². The van der Waals surface area contributed by atoms with E-state index in [0.717, 1.165) is 11.1 Å². The van der Waals surface area contributed by atoms with Crippen LogP contribution in [0.1, 0.15) is 24.1 Å². The third-order valence-electron chi connectivity index (χ3n) is 6.28. The number of amides is 1. The van der Waals surface area contributed by atoms with Gasteiger partial charge in [0.25, 0.3) is 5.91 Å². The first kappa shape index (κ1) is 26.4. The van der Waals surface area contributed by atoms with Crippen molar-refractivity contribution in [3.63, 3.8) is 0 Å². The average molecular weight is 566 g/mol. The summed E-state index contributed by atoms with van der Waals surface area (Å²) in [5.41, 5.74) is 3.15. The topological polar surface area (TPSA) is 99.5 Å². The fourth-order valence-electron chi connectivity index (χ4n) is 4.37. The number of ether oxygens (including phenoxy) is 3. The molecule has 39 heavy (non-hydrogen) atoms. The van der Waals surface area contributed by atoms with Crippen LogP contribution in [0.4, 0.5) is 11.6 Å². The first-order valence-corrected chi connectivity index (χ1v) is 12.7. The number of rotatable bonds is 8. The highest BCUT2D eigenvalue weighted by atomic mass is 35.5. The van der Waals surface area contributed by atoms with Crippen LogP contribution in [0.3, 0.4) is 0 Å². The summed E-state index contributed by atoms with van der Waals surface area (Å²) in [6.45, 7) is 2.07. The lowest BCUT2D eigenvalue weighted by Crippen LogP contribution is -2.31. The lowest BCUT2D eigenvalue weighted by atomic mass is 9.94. The van der Waals surface area contributed by atoms with Gasteiger partial charge in [-0.2, -0.15) is 10.1 Å². The summed E-state index contributed by atoms with van der Waals surface area (Å²) in [6, 6.07) is 17.4. The molecule has 4 aromatic rings. The largest absolute Gasteiger partial charge is 0.497 e. The Bertz CT molecular complexity index is 1570. The smallest absolute Gasteiger partial charge is 0.255 e. The molecule has 0 saturated heterocycles. The SMILES string of the molecule is COc1ccc(OC)c(NC(=O)C2=C(C)Nc3ncnn3C2c2cccc(OCc3ccc(Cl)cc3Cl)c2)c1. The number of carbonyl (C=O) groups is 1. The molecule has 1 aromatic heterocycles. The standard InChI is InChI=1S/C28H25Cl2N5O4/c1-16-25(27(36)34-23-13-20(37-2)9-10-24(23)38-3)26(35-28(33-16)31-15-32-35)17-5-4-6-21(11-17)39-14-18-7-8-19(29)12-22(18)30/h4-13,15,26H,14H2,1-3H3,(H,34,36)(H,31,32,33). The van der Waals surface area contributed by atoms with E-state index in [1.807, 2.05) is 37.3 Å². The Balaban J connectivity index is 1.47. The van der Waals surface area contributed by atoms with E-state index in [-0.39, 0.29) is 12.5 Å². The second kappa shape index (κ2) is 11.3. The molecule has 1 aliphatic heterocycles. The highest BCUT2D eigenvalue weighted by Gasteiger charge is 2.34. The normalized spacial score (nSPS) is 14.3. The van der Waals surface area contributed by atoms with E-state index in [1.54, 1.807) is 42.1 Å². The van der Waals surface area contributed by atoms with Crippen molar-refractivity contribution in [1.29, 1.82) is 0 Å². The van der Waals surface area contributed by atoms with E-state index < -0.39 is 6.04 Å². The molecule has 0 bridgehead atoms. The minimum atomic E-state index is -0.581. The maximum Gasteiger partial charge on any atom is 0.255 e. The summed E-state index contributed by atoms with van der Waals surface area (Å²) in [5.74, 6) is 1.87. The number of anilines is 2. The third kappa shape index (κ3) is 5.50. The molecule has 0 aliphatic carbocycles. The number of halogens is 2. The molecule has 11 heteroatoms. The molecule has 1 unspecified atom stereocenters. The minimum absolute atomic E-state index is 0.248. The van der Waals surface area contributed by atoms with Crippen molar-refractivity contribution in [1.82, 2.24) is 14.8 Å². The molecule has 5 rings (SSSR count). The molecule has 0 spiro atoms. The molecule has 9 nitrogen and oxygen atoms in total. The number of fused-ring (bicyclic) bond motifs is 1. The molecular weight excluding hydrogens is 541 g/mol. The van der Waals surface area contributed by atoms with Crippen molar-refractivity contribution in [2.45, 2.75) is 19.6 Å². The Labute approximate surface area is 235 Å². The van der Waals surface area contributed by atoms with Gasteiger partial charge in [0.1, 0.15) is 36.2 Å². The van der Waals surface area contributed by atoms with E-state index in [2.05, 4.69) is 20.7 Å². The molecule has 0 saturated carbocycles. The van der Waals surface area contributed by atoms with Crippen molar-refractivity contribution in [2.24, 2.45) is 0 Å². The number of nitrogens with zero attached hydrogens (tertiary/aromatic N) is 3. The van der Waals surface area contributed by atoms with Gasteiger partial charge < -0.3 is 24.8 Å². The predicted molar refractivity (Wildman–Crippen MR) is 150 cm³/mol. The van der Waals surface area contributed by atoms with E-state index in [9.17, 15) is 4.79 Å². The molecule has 1 atom stereocenters. The summed E-state index contributed by atoms with van der Waals surface area (Å²) in [4.78, 5) is 18.1. The Kier molecular flexibility index (Phi) is 7.63. The summed E-state index contributed by atoms with van der Waals surface area (Å²) in [5, 5.41) is 11.6. The summed E-state index contributed by atoms with van der Waals surface area (Å²) < 4.78 is 18.5. The molecule has 1 aliphatic rings. The van der Waals surface area contributed by atoms with Crippen molar-refractivity contribution in [3.05, 3.63) is 99.4 Å². The lowest BCUT2D eigenvalue weighted by Gasteiger charge is -2.29. The average Bonchev–Trinajstić information content (AvgIpc) is 3.40. The van der Waals surface area contributed by atoms with Gasteiger partial charge >= 0.3 is 0 Å². The van der Waals surface area contributed by atoms with Crippen molar-refractivity contribution < 1.29 is 19.0 Å². The van der Waals surface area contributed by atoms with Gasteiger partial charge in [0.05, 0.1) is 25.5 Å². The number of hydrogen-bond donors (Lipinski definition) is 2. The van der Waals surface area contributed by atoms with E-state index in [0.29, 0.717) is 50.2 Å². The van der Waals surface area contributed by atoms with Crippen molar-refractivity contribution >= 4 is 40.7 Å². The van der Waals surface area contributed by atoms with Crippen LogP contribution in [0.25, 0.3) is 0 Å². The van der Waals surface area contributed by atoms with Crippen LogP contribution < -0.4 is 24.8 Å². The quantitative estimate of drug-likeness (QED) is 0.266. The second-order valence-electron chi connectivity index (χ2n) is 8.71. The van der Waals surface area contributed by atoms with Gasteiger partial charge in [-0.25, -0.2) is 4.68 Å². The Morgan fingerprint density at radius 3 is 2.67 bits per heavy atom. The Hall–Kier alpha value is -4.21. The van der Waals surface area contributed by atoms with Gasteiger partial charge in [-0.05, 0) is 48.9 Å². The first-order valence-electron chi connectivity index (χ1n) is 11.9. The van der Waals surface area contributed by atoms with Gasteiger partial charge in [-0.1, -0.05) is 41.4 Å². The van der Waals surface area contributed by atoms with Gasteiger partial charge in [-0.3, -0.25) is 4.79 Å².